The molecule has 0 fully saturated rings. The molecule has 0 saturated heterocycles. The van der Waals surface area contributed by atoms with Gasteiger partial charge in [-0.15, -0.1) is 11.3 Å². The number of nitrogens with zero attached hydrogens (tertiary/aromatic N) is 3. The molecule has 2 aromatic rings. The zero-order valence-corrected chi connectivity index (χ0v) is 16.5. The fourth-order valence-corrected chi connectivity index (χ4v) is 4.19. The first-order chi connectivity index (χ1) is 12.1. The number of carboxylic acid groups (broad SMARTS) is 1. The van der Waals surface area contributed by atoms with Crippen LogP contribution >= 0.6 is 38.9 Å². The topological polar surface area (TPSA) is 65.8 Å². The van der Waals surface area contributed by atoms with Crippen LogP contribution in [0.5, 0.6) is 0 Å². The average Bonchev–Trinajstić information content (AvgIpc) is 3.14. The third-order valence-corrected chi connectivity index (χ3v) is 5.57. The molecule has 0 amide bonds. The number of thiazole rings is 1. The summed E-state index contributed by atoms with van der Waals surface area (Å²) in [6.45, 7) is 2.53. The molecule has 1 atom stereocenters. The highest BCUT2D eigenvalue weighted by atomic mass is 79.9. The smallest absolute Gasteiger partial charge is 0.335 e. The van der Waals surface area contributed by atoms with Gasteiger partial charge in [0, 0.05) is 28.5 Å². The number of carboxylic acids is 1. The van der Waals surface area contributed by atoms with Crippen molar-refractivity contribution in [1.29, 1.82) is 0 Å². The van der Waals surface area contributed by atoms with E-state index in [1.54, 1.807) is 12.3 Å². The van der Waals surface area contributed by atoms with E-state index in [-0.39, 0.29) is 5.57 Å². The number of likely N-dealkylation sites (N-methyl/N-ethyl adjacent to an activating group) is 1. The molecule has 1 aromatic carbocycles. The van der Waals surface area contributed by atoms with Crippen LogP contribution in [0.4, 0.5) is 0 Å². The highest BCUT2D eigenvalue weighted by Crippen LogP contribution is 2.39. The molecule has 3 rings (SSSR count). The van der Waals surface area contributed by atoms with Gasteiger partial charge in [0.05, 0.1) is 17.3 Å². The molecule has 1 unspecified atom stereocenters. The number of alkyl halides is 1. The Morgan fingerprint density at radius 1 is 1.44 bits per heavy atom. The van der Waals surface area contributed by atoms with Crippen molar-refractivity contribution in [2.45, 2.75) is 13.0 Å². The molecule has 0 aliphatic carbocycles. The van der Waals surface area contributed by atoms with Crippen molar-refractivity contribution >= 4 is 50.7 Å². The monoisotopic (exact) mass is 439 g/mol. The van der Waals surface area contributed by atoms with Crippen molar-refractivity contribution < 1.29 is 9.90 Å². The van der Waals surface area contributed by atoms with Gasteiger partial charge in [-0.2, -0.15) is 0 Å². The van der Waals surface area contributed by atoms with Crippen LogP contribution in [0.3, 0.4) is 0 Å². The summed E-state index contributed by atoms with van der Waals surface area (Å²) in [5.41, 5.74) is 1.45. The Kier molecular flexibility index (Phi) is 5.56. The van der Waals surface area contributed by atoms with E-state index in [2.05, 4.69) is 25.9 Å². The number of hydrogen-bond acceptors (Lipinski definition) is 5. The van der Waals surface area contributed by atoms with Crippen molar-refractivity contribution in [3.05, 3.63) is 62.7 Å². The fraction of sp³-hybridized carbons (Fsp3) is 0.235. The lowest BCUT2D eigenvalue weighted by Crippen LogP contribution is -2.41. The van der Waals surface area contributed by atoms with Gasteiger partial charge >= 0.3 is 5.97 Å². The van der Waals surface area contributed by atoms with Gasteiger partial charge in [0.2, 0.25) is 0 Å². The van der Waals surface area contributed by atoms with Gasteiger partial charge in [-0.25, -0.2) is 14.8 Å². The van der Waals surface area contributed by atoms with Crippen LogP contribution in [0, 0.1) is 0 Å². The Balaban J connectivity index is 2.26. The zero-order chi connectivity index (χ0) is 18.0. The lowest BCUT2D eigenvalue weighted by Gasteiger charge is -2.37. The molecule has 5 nitrogen and oxygen atoms in total. The number of benzene rings is 1. The minimum atomic E-state index is -1.00. The van der Waals surface area contributed by atoms with Crippen LogP contribution in [-0.2, 0) is 4.79 Å². The number of halogens is 2. The van der Waals surface area contributed by atoms with Crippen molar-refractivity contribution in [3.63, 3.8) is 0 Å². The Morgan fingerprint density at radius 3 is 2.76 bits per heavy atom. The molecule has 25 heavy (non-hydrogen) atoms. The average molecular weight is 441 g/mol. The third kappa shape index (κ3) is 3.36. The summed E-state index contributed by atoms with van der Waals surface area (Å²) in [6.07, 6.45) is 1.71. The fourth-order valence-electron chi connectivity index (χ4n) is 2.89. The van der Waals surface area contributed by atoms with Crippen LogP contribution in [0.25, 0.3) is 0 Å². The highest BCUT2D eigenvalue weighted by molar-refractivity contribution is 9.09. The predicted octanol–water partition coefficient (Wildman–Crippen LogP) is 4.35. The molecule has 2 heterocycles. The number of aliphatic carboxylic acids is 1. The SMILES string of the molecule is CCN1C(c2nccs2)=NC(CBr)=C(C(=O)O)C1c1ccccc1Cl. The van der Waals surface area contributed by atoms with E-state index >= 15 is 0 Å². The molecule has 0 radical (unpaired) electrons. The number of rotatable bonds is 5. The number of carbonyl (C=O) groups is 1. The summed E-state index contributed by atoms with van der Waals surface area (Å²) in [6, 6.07) is 6.79. The largest absolute Gasteiger partial charge is 0.478 e. The number of aromatic nitrogens is 1. The zero-order valence-electron chi connectivity index (χ0n) is 13.3. The second kappa shape index (κ2) is 7.68. The lowest BCUT2D eigenvalue weighted by atomic mass is 9.93. The van der Waals surface area contributed by atoms with Gasteiger partial charge < -0.3 is 10.0 Å². The van der Waals surface area contributed by atoms with Crippen molar-refractivity contribution in [1.82, 2.24) is 9.88 Å². The molecule has 0 bridgehead atoms. The van der Waals surface area contributed by atoms with E-state index in [0.717, 1.165) is 10.6 Å². The van der Waals surface area contributed by atoms with E-state index in [1.165, 1.54) is 11.3 Å². The van der Waals surface area contributed by atoms with Gasteiger partial charge in [0.1, 0.15) is 0 Å². The van der Waals surface area contributed by atoms with E-state index in [1.807, 2.05) is 35.4 Å². The normalized spacial score (nSPS) is 17.6. The minimum Gasteiger partial charge on any atom is -0.478 e. The lowest BCUT2D eigenvalue weighted by molar-refractivity contribution is -0.133. The number of amidine groups is 1. The summed E-state index contributed by atoms with van der Waals surface area (Å²) in [4.78, 5) is 22.9. The molecule has 1 aliphatic heterocycles. The highest BCUT2D eigenvalue weighted by Gasteiger charge is 2.37. The van der Waals surface area contributed by atoms with E-state index in [0.29, 0.717) is 28.4 Å². The predicted molar refractivity (Wildman–Crippen MR) is 104 cm³/mol. The van der Waals surface area contributed by atoms with Crippen LogP contribution in [0.15, 0.2) is 52.1 Å². The van der Waals surface area contributed by atoms with Crippen LogP contribution in [0.2, 0.25) is 5.02 Å². The molecule has 8 heteroatoms. The van der Waals surface area contributed by atoms with Crippen LogP contribution in [0.1, 0.15) is 23.5 Å². The van der Waals surface area contributed by atoms with Gasteiger partial charge in [-0.3, -0.25) is 0 Å². The van der Waals surface area contributed by atoms with Crippen molar-refractivity contribution in [3.8, 4) is 0 Å². The van der Waals surface area contributed by atoms with Crippen molar-refractivity contribution in [2.75, 3.05) is 11.9 Å². The summed E-state index contributed by atoms with van der Waals surface area (Å²) >= 11 is 11.3. The molecule has 130 valence electrons. The molecular weight excluding hydrogens is 426 g/mol. The number of aliphatic imine (C=N–C) groups is 1. The molecule has 1 aliphatic rings. The van der Waals surface area contributed by atoms with Crippen molar-refractivity contribution in [2.24, 2.45) is 4.99 Å². The molecule has 0 saturated carbocycles. The Hall–Kier alpha value is -1.70. The Morgan fingerprint density at radius 2 is 2.20 bits per heavy atom. The standard InChI is InChI=1S/C17H15BrClN3O2S/c1-2-22-14(10-5-3-4-6-11(10)19)13(17(23)24)12(9-18)21-15(22)16-20-7-8-25-16/h3-8,14H,2,9H2,1H3,(H,23,24). The summed E-state index contributed by atoms with van der Waals surface area (Å²) in [5, 5.41) is 13.4. The number of hydrogen-bond donors (Lipinski definition) is 1. The minimum absolute atomic E-state index is 0.229. The Labute approximate surface area is 162 Å². The first-order valence-electron chi connectivity index (χ1n) is 7.60. The van der Waals surface area contributed by atoms with Gasteiger partial charge in [-0.1, -0.05) is 45.7 Å². The first-order valence-corrected chi connectivity index (χ1v) is 9.98. The molecule has 1 aromatic heterocycles. The molecule has 0 spiro atoms. The van der Waals surface area contributed by atoms with Crippen LogP contribution < -0.4 is 0 Å². The van der Waals surface area contributed by atoms with Crippen LogP contribution in [-0.4, -0.2) is 38.7 Å². The Bertz CT molecular complexity index is 851. The third-order valence-electron chi connectivity index (χ3n) is 3.93. The van der Waals surface area contributed by atoms with E-state index < -0.39 is 12.0 Å². The summed E-state index contributed by atoms with van der Waals surface area (Å²) in [5.74, 6) is -0.332. The maximum absolute atomic E-state index is 12.0. The molecular formula is C17H15BrClN3O2S. The number of allylic oxidation sites excluding steroid dienone is 1. The van der Waals surface area contributed by atoms with E-state index in [4.69, 9.17) is 11.6 Å². The second-order valence-corrected chi connectivity index (χ2v) is 7.14. The van der Waals surface area contributed by atoms with E-state index in [9.17, 15) is 9.90 Å². The van der Waals surface area contributed by atoms with Gasteiger partial charge in [0.25, 0.3) is 0 Å². The summed E-state index contributed by atoms with van der Waals surface area (Å²) < 4.78 is 0. The summed E-state index contributed by atoms with van der Waals surface area (Å²) in [7, 11) is 0. The van der Waals surface area contributed by atoms with Gasteiger partial charge in [-0.05, 0) is 18.6 Å². The van der Waals surface area contributed by atoms with Gasteiger partial charge in [0.15, 0.2) is 10.8 Å². The maximum Gasteiger partial charge on any atom is 0.335 e. The second-order valence-electron chi connectivity index (χ2n) is 5.28. The maximum atomic E-state index is 12.0. The quantitative estimate of drug-likeness (QED) is 0.702. The molecule has 1 N–H and O–H groups in total. The first kappa shape index (κ1) is 18.1.